The van der Waals surface area contributed by atoms with Crippen LogP contribution in [0.15, 0.2) is 24.4 Å². The average Bonchev–Trinajstić information content (AvgIpc) is 2.76. The molecule has 0 fully saturated rings. The van der Waals surface area contributed by atoms with Gasteiger partial charge in [0.25, 0.3) is 0 Å². The fourth-order valence-electron chi connectivity index (χ4n) is 2.00. The van der Waals surface area contributed by atoms with E-state index in [1.165, 1.54) is 7.05 Å². The minimum Gasteiger partial charge on any atom is -0.493 e. The highest BCUT2D eigenvalue weighted by Gasteiger charge is 2.32. The number of hydrogen-bond donors (Lipinski definition) is 2. The van der Waals surface area contributed by atoms with Crippen molar-refractivity contribution in [3.8, 4) is 5.88 Å². The lowest BCUT2D eigenvalue weighted by Crippen LogP contribution is -2.11. The first kappa shape index (κ1) is 17.0. The van der Waals surface area contributed by atoms with Crippen molar-refractivity contribution >= 4 is 16.5 Å². The molecule has 1 N–H and O–H groups in total. The molecule has 2 rings (SSSR count). The predicted molar refractivity (Wildman–Crippen MR) is 73.8 cm³/mol. The van der Waals surface area contributed by atoms with Crippen LogP contribution in [0.3, 0.4) is 0 Å². The maximum Gasteiger partial charge on any atom is 0.416 e. The molecular formula is C13H11F3N2O4S. The molecular weight excluding hydrogens is 337 g/mol. The number of nitrogens with zero attached hydrogens (tertiary/aromatic N) is 2. The summed E-state index contributed by atoms with van der Waals surface area (Å²) in [7, 11) is -1.67. The second kappa shape index (κ2) is 6.03. The quantitative estimate of drug-likeness (QED) is 0.645. The Hall–Kier alpha value is -2.36. The number of carbonyl (C=O) groups is 1. The molecule has 0 saturated carbocycles. The molecule has 0 amide bonds. The number of aromatic hydroxyl groups is 1. The second-order valence-electron chi connectivity index (χ2n) is 4.70. The molecule has 0 bridgehead atoms. The Bertz CT molecular complexity index is 832. The van der Waals surface area contributed by atoms with E-state index >= 15 is 0 Å². The normalized spacial score (nSPS) is 11.9. The van der Waals surface area contributed by atoms with Gasteiger partial charge in [-0.3, -0.25) is 4.79 Å². The second-order valence-corrected chi connectivity index (χ2v) is 5.68. The smallest absolute Gasteiger partial charge is 0.416 e. The highest BCUT2D eigenvalue weighted by Crippen LogP contribution is 2.32. The Morgan fingerprint density at radius 2 is 1.96 bits per heavy atom. The molecule has 0 aliphatic carbocycles. The maximum absolute atomic E-state index is 12.7. The topological polar surface area (TPSA) is 89.3 Å². The van der Waals surface area contributed by atoms with Gasteiger partial charge in [-0.2, -0.15) is 18.3 Å². The van der Waals surface area contributed by atoms with Crippen molar-refractivity contribution in [1.82, 2.24) is 9.78 Å². The van der Waals surface area contributed by atoms with Gasteiger partial charge < -0.3 is 5.11 Å². The number of thiol groups is 1. The summed E-state index contributed by atoms with van der Waals surface area (Å²) in [5.74, 6) is -2.00. The number of aryl methyl sites for hydroxylation is 1. The molecule has 1 aromatic heterocycles. The number of alkyl halides is 3. The first-order valence-electron chi connectivity index (χ1n) is 6.19. The van der Waals surface area contributed by atoms with Crippen molar-refractivity contribution in [1.29, 1.82) is 0 Å². The molecule has 2 aromatic rings. The van der Waals surface area contributed by atoms with Crippen LogP contribution in [0.25, 0.3) is 0 Å². The van der Waals surface area contributed by atoms with Gasteiger partial charge in [-0.25, -0.2) is 13.1 Å². The largest absolute Gasteiger partial charge is 0.493 e. The van der Waals surface area contributed by atoms with Gasteiger partial charge in [-0.15, -0.1) is 0 Å². The lowest BCUT2D eigenvalue weighted by molar-refractivity contribution is -0.137. The zero-order valence-electron chi connectivity index (χ0n) is 11.7. The highest BCUT2D eigenvalue weighted by atomic mass is 32.2. The Morgan fingerprint density at radius 1 is 1.30 bits per heavy atom. The van der Waals surface area contributed by atoms with Crippen LogP contribution in [0, 0.1) is 0 Å². The first-order chi connectivity index (χ1) is 10.6. The fourth-order valence-corrected chi connectivity index (χ4v) is 2.54. The first-order valence-corrected chi connectivity index (χ1v) is 7.55. The van der Waals surface area contributed by atoms with Crippen LogP contribution in [0.2, 0.25) is 0 Å². The predicted octanol–water partition coefficient (Wildman–Crippen LogP) is 1.49. The maximum atomic E-state index is 12.7. The molecule has 1 heterocycles. The number of hydrogen-bond acceptors (Lipinski definition) is 5. The number of halogens is 3. The minimum absolute atomic E-state index is 0.227. The van der Waals surface area contributed by atoms with Crippen molar-refractivity contribution < 1.29 is 31.5 Å². The van der Waals surface area contributed by atoms with Crippen molar-refractivity contribution in [3.05, 3.63) is 46.6 Å². The average molecular weight is 348 g/mol. The van der Waals surface area contributed by atoms with Crippen LogP contribution in [0.5, 0.6) is 5.88 Å². The van der Waals surface area contributed by atoms with E-state index in [1.807, 2.05) is 0 Å². The van der Waals surface area contributed by atoms with Crippen LogP contribution in [0.4, 0.5) is 13.2 Å². The zero-order valence-corrected chi connectivity index (χ0v) is 12.6. The van der Waals surface area contributed by atoms with E-state index in [4.69, 9.17) is 0 Å². The van der Waals surface area contributed by atoms with Crippen molar-refractivity contribution in [2.75, 3.05) is 0 Å². The molecule has 0 atom stereocenters. The molecule has 6 nitrogen and oxygen atoms in total. The Kier molecular flexibility index (Phi) is 4.46. The Balaban J connectivity index is 2.57. The van der Waals surface area contributed by atoms with Crippen LogP contribution >= 0.6 is 0 Å². The van der Waals surface area contributed by atoms with Gasteiger partial charge in [-0.1, -0.05) is 6.07 Å². The number of rotatable bonds is 4. The molecule has 0 unspecified atom stereocenters. The standard InChI is InChI=1S/C13H11F3N2O4S/c1-18-12(20)10(5-17-18)11(19)9-3-2-8(13(14,15)16)4-7(9)6-23(21)22/h2-5,20,23H,6H2,1H3. The Labute approximate surface area is 130 Å². The molecule has 0 saturated heterocycles. The van der Waals surface area contributed by atoms with E-state index in [0.717, 1.165) is 16.9 Å². The number of benzene rings is 1. The van der Waals surface area contributed by atoms with Gasteiger partial charge in [0.15, 0.2) is 5.78 Å². The van der Waals surface area contributed by atoms with Crippen molar-refractivity contribution in [2.45, 2.75) is 11.9 Å². The van der Waals surface area contributed by atoms with E-state index in [1.54, 1.807) is 0 Å². The van der Waals surface area contributed by atoms with Crippen molar-refractivity contribution in [3.63, 3.8) is 0 Å². The Morgan fingerprint density at radius 3 is 2.43 bits per heavy atom. The van der Waals surface area contributed by atoms with Crippen LogP contribution in [0.1, 0.15) is 27.0 Å². The minimum atomic E-state index is -4.67. The van der Waals surface area contributed by atoms with E-state index < -0.39 is 39.9 Å². The highest BCUT2D eigenvalue weighted by molar-refractivity contribution is 7.71. The van der Waals surface area contributed by atoms with Crippen LogP contribution < -0.4 is 0 Å². The van der Waals surface area contributed by atoms with E-state index in [2.05, 4.69) is 5.10 Å². The molecule has 0 radical (unpaired) electrons. The van der Waals surface area contributed by atoms with Gasteiger partial charge >= 0.3 is 6.18 Å². The molecule has 10 heteroatoms. The van der Waals surface area contributed by atoms with Gasteiger partial charge in [0.2, 0.25) is 5.88 Å². The van der Waals surface area contributed by atoms with Gasteiger partial charge in [0.1, 0.15) is 16.3 Å². The summed E-state index contributed by atoms with van der Waals surface area (Å²) in [6, 6.07) is 2.19. The molecule has 124 valence electrons. The lowest BCUT2D eigenvalue weighted by Gasteiger charge is -2.11. The van der Waals surface area contributed by atoms with Gasteiger partial charge in [0, 0.05) is 12.6 Å². The summed E-state index contributed by atoms with van der Waals surface area (Å²) in [4.78, 5) is 12.4. The lowest BCUT2D eigenvalue weighted by atomic mass is 9.98. The molecule has 0 spiro atoms. The van der Waals surface area contributed by atoms with Gasteiger partial charge in [-0.05, 0) is 17.7 Å². The monoisotopic (exact) mass is 348 g/mol. The number of carbonyl (C=O) groups excluding carboxylic acids is 1. The third-order valence-corrected chi connectivity index (χ3v) is 3.73. The zero-order chi connectivity index (χ0) is 17.4. The SMILES string of the molecule is Cn1ncc(C(=O)c2ccc(C(F)(F)F)cc2C[SH](=O)=O)c1O. The van der Waals surface area contributed by atoms with E-state index in [0.29, 0.717) is 12.1 Å². The van der Waals surface area contributed by atoms with E-state index in [-0.39, 0.29) is 16.7 Å². The summed E-state index contributed by atoms with van der Waals surface area (Å²) in [5, 5.41) is 13.4. The summed E-state index contributed by atoms with van der Waals surface area (Å²) in [6.45, 7) is 0. The summed E-state index contributed by atoms with van der Waals surface area (Å²) in [6.07, 6.45) is -3.61. The number of ketones is 1. The molecule has 1 aromatic carbocycles. The summed E-state index contributed by atoms with van der Waals surface area (Å²) < 4.78 is 61.0. The molecule has 23 heavy (non-hydrogen) atoms. The summed E-state index contributed by atoms with van der Waals surface area (Å²) in [5.41, 5.74) is -1.81. The van der Waals surface area contributed by atoms with Gasteiger partial charge in [0.05, 0.1) is 17.5 Å². The molecule has 0 aliphatic heterocycles. The van der Waals surface area contributed by atoms with E-state index in [9.17, 15) is 31.5 Å². The fraction of sp³-hybridized carbons (Fsp3) is 0.231. The summed E-state index contributed by atoms with van der Waals surface area (Å²) >= 11 is 0. The third-order valence-electron chi connectivity index (χ3n) is 3.13. The number of aromatic nitrogens is 2. The van der Waals surface area contributed by atoms with Crippen LogP contribution in [-0.4, -0.2) is 29.1 Å². The van der Waals surface area contributed by atoms with Crippen LogP contribution in [-0.2, 0) is 29.7 Å². The third kappa shape index (κ3) is 3.52. The van der Waals surface area contributed by atoms with Crippen molar-refractivity contribution in [2.24, 2.45) is 7.05 Å². The molecule has 0 aliphatic rings.